The van der Waals surface area contributed by atoms with E-state index in [-0.39, 0.29) is 36.0 Å². The van der Waals surface area contributed by atoms with Crippen LogP contribution >= 0.6 is 0 Å². The average Bonchev–Trinajstić information content (AvgIpc) is 3.36. The second-order valence-corrected chi connectivity index (χ2v) is 7.77. The molecule has 0 aromatic carbocycles. The first-order valence-corrected chi connectivity index (χ1v) is 8.16. The summed E-state index contributed by atoms with van der Waals surface area (Å²) < 4.78 is 16.8. The highest BCUT2D eigenvalue weighted by Crippen LogP contribution is 2.65. The van der Waals surface area contributed by atoms with Crippen molar-refractivity contribution in [1.29, 1.82) is 0 Å². The van der Waals surface area contributed by atoms with Gasteiger partial charge in [0.2, 0.25) is 0 Å². The zero-order valence-corrected chi connectivity index (χ0v) is 14.1. The molecule has 0 aromatic rings. The second-order valence-electron chi connectivity index (χ2n) is 7.77. The fraction of sp³-hybridized carbons (Fsp3) is 0.706. The van der Waals surface area contributed by atoms with Crippen molar-refractivity contribution in [2.45, 2.75) is 63.6 Å². The highest BCUT2D eigenvalue weighted by atomic mass is 16.6. The summed E-state index contributed by atoms with van der Waals surface area (Å²) in [5.74, 6) is -1.31. The first kappa shape index (κ1) is 15.8. The van der Waals surface area contributed by atoms with Crippen molar-refractivity contribution in [2.24, 2.45) is 17.1 Å². The minimum Gasteiger partial charge on any atom is -0.459 e. The molecule has 0 bridgehead atoms. The van der Waals surface area contributed by atoms with Gasteiger partial charge in [-0.15, -0.1) is 0 Å². The molecule has 2 aliphatic heterocycles. The first-order chi connectivity index (χ1) is 11.1. The summed E-state index contributed by atoms with van der Waals surface area (Å²) in [6.45, 7) is 6.92. The van der Waals surface area contributed by atoms with Gasteiger partial charge in [-0.25, -0.2) is 0 Å². The second kappa shape index (κ2) is 4.26. The Balaban J connectivity index is 1.74. The van der Waals surface area contributed by atoms with E-state index in [4.69, 9.17) is 19.9 Å². The molecule has 4 rings (SSSR count). The molecule has 24 heavy (non-hydrogen) atoms. The van der Waals surface area contributed by atoms with Gasteiger partial charge in [-0.05, 0) is 25.0 Å². The number of rotatable bonds is 2. The van der Waals surface area contributed by atoms with Crippen LogP contribution in [0, 0.1) is 11.3 Å². The predicted molar refractivity (Wildman–Crippen MR) is 80.6 cm³/mol. The number of amides is 1. The monoisotopic (exact) mass is 335 g/mol. The number of fused-ring (bicyclic) bond motifs is 3. The number of carbonyl (C=O) groups is 3. The van der Waals surface area contributed by atoms with Crippen molar-refractivity contribution in [3.8, 4) is 0 Å². The summed E-state index contributed by atoms with van der Waals surface area (Å²) >= 11 is 0. The zero-order valence-electron chi connectivity index (χ0n) is 14.1. The highest BCUT2D eigenvalue weighted by Gasteiger charge is 2.79. The quantitative estimate of drug-likeness (QED) is 0.572. The fourth-order valence-corrected chi connectivity index (χ4v) is 4.65. The van der Waals surface area contributed by atoms with E-state index < -0.39 is 22.5 Å². The summed E-state index contributed by atoms with van der Waals surface area (Å²) in [5.41, 5.74) is 3.37. The highest BCUT2D eigenvalue weighted by molar-refractivity contribution is 6.09. The predicted octanol–water partition coefficient (Wildman–Crippen LogP) is 0.254. The third-order valence-electron chi connectivity index (χ3n) is 6.49. The maximum Gasteiger partial charge on any atom is 0.303 e. The van der Waals surface area contributed by atoms with Crippen LogP contribution < -0.4 is 5.73 Å². The van der Waals surface area contributed by atoms with Crippen LogP contribution in [0.2, 0.25) is 0 Å². The molecule has 0 unspecified atom stereocenters. The molecular formula is C17H21NO6. The molecular weight excluding hydrogens is 314 g/mol. The summed E-state index contributed by atoms with van der Waals surface area (Å²) in [5, 5.41) is 0. The van der Waals surface area contributed by atoms with Crippen LogP contribution in [-0.4, -0.2) is 47.2 Å². The lowest BCUT2D eigenvalue weighted by atomic mass is 9.56. The molecule has 0 radical (unpaired) electrons. The van der Waals surface area contributed by atoms with Crippen molar-refractivity contribution < 1.29 is 28.6 Å². The summed E-state index contributed by atoms with van der Waals surface area (Å²) in [6, 6.07) is 0. The molecule has 2 aliphatic carbocycles. The Morgan fingerprint density at radius 2 is 2.04 bits per heavy atom. The molecule has 1 spiro atoms. The molecule has 7 nitrogen and oxygen atoms in total. The number of ether oxygens (including phenoxy) is 3. The van der Waals surface area contributed by atoms with Gasteiger partial charge < -0.3 is 19.9 Å². The Kier molecular flexibility index (Phi) is 2.80. The molecule has 4 aliphatic rings. The molecule has 7 heteroatoms. The van der Waals surface area contributed by atoms with E-state index in [1.165, 1.54) is 6.92 Å². The fourth-order valence-electron chi connectivity index (χ4n) is 4.65. The smallest absolute Gasteiger partial charge is 0.303 e. The third-order valence-corrected chi connectivity index (χ3v) is 6.49. The molecule has 2 saturated heterocycles. The van der Waals surface area contributed by atoms with Crippen LogP contribution in [0.3, 0.4) is 0 Å². The maximum absolute atomic E-state index is 12.7. The SMILES string of the molecule is CC(=O)O[C@H]1[C@H]2O[C@H]2C2=CC(=O)[C@]3(C[C@]2(C)[C@H]1C)O[C@]3(C)C(N)=O. The number of ketones is 1. The lowest BCUT2D eigenvalue weighted by molar-refractivity contribution is -0.153. The molecule has 7 atom stereocenters. The van der Waals surface area contributed by atoms with Crippen LogP contribution in [-0.2, 0) is 28.6 Å². The molecule has 2 heterocycles. The van der Waals surface area contributed by atoms with E-state index >= 15 is 0 Å². The Bertz CT molecular complexity index is 716. The van der Waals surface area contributed by atoms with E-state index in [9.17, 15) is 14.4 Å². The van der Waals surface area contributed by atoms with Crippen LogP contribution in [0.5, 0.6) is 0 Å². The Hall–Kier alpha value is -1.73. The van der Waals surface area contributed by atoms with Crippen LogP contribution in [0.4, 0.5) is 0 Å². The molecule has 2 N–H and O–H groups in total. The Morgan fingerprint density at radius 1 is 1.38 bits per heavy atom. The third kappa shape index (κ3) is 1.66. The van der Waals surface area contributed by atoms with Gasteiger partial charge in [0.1, 0.15) is 18.3 Å². The van der Waals surface area contributed by atoms with Gasteiger partial charge in [0.15, 0.2) is 17.0 Å². The first-order valence-electron chi connectivity index (χ1n) is 8.16. The normalized spacial score (nSPS) is 51.3. The van der Waals surface area contributed by atoms with Crippen LogP contribution in [0.1, 0.15) is 34.1 Å². The molecule has 130 valence electrons. The van der Waals surface area contributed by atoms with Crippen molar-refractivity contribution in [3.63, 3.8) is 0 Å². The summed E-state index contributed by atoms with van der Waals surface area (Å²) in [6.07, 6.45) is 1.10. The van der Waals surface area contributed by atoms with Crippen molar-refractivity contribution in [3.05, 3.63) is 11.6 Å². The summed E-state index contributed by atoms with van der Waals surface area (Å²) in [7, 11) is 0. The molecule has 1 saturated carbocycles. The average molecular weight is 335 g/mol. The van der Waals surface area contributed by atoms with Crippen molar-refractivity contribution in [2.75, 3.05) is 0 Å². The number of hydrogen-bond acceptors (Lipinski definition) is 6. The van der Waals surface area contributed by atoms with Gasteiger partial charge in [0.05, 0.1) is 0 Å². The van der Waals surface area contributed by atoms with Crippen LogP contribution in [0.25, 0.3) is 0 Å². The topological polar surface area (TPSA) is 112 Å². The van der Waals surface area contributed by atoms with Gasteiger partial charge >= 0.3 is 5.97 Å². The van der Waals surface area contributed by atoms with E-state index in [2.05, 4.69) is 0 Å². The number of primary amides is 1. The zero-order chi connectivity index (χ0) is 17.7. The van der Waals surface area contributed by atoms with Gasteiger partial charge in [0, 0.05) is 18.3 Å². The van der Waals surface area contributed by atoms with E-state index in [0.29, 0.717) is 6.42 Å². The van der Waals surface area contributed by atoms with Gasteiger partial charge in [0.25, 0.3) is 5.91 Å². The van der Waals surface area contributed by atoms with Gasteiger partial charge in [-0.1, -0.05) is 13.8 Å². The largest absolute Gasteiger partial charge is 0.459 e. The molecule has 1 amide bonds. The lowest BCUT2D eigenvalue weighted by Crippen LogP contribution is -2.54. The Morgan fingerprint density at radius 3 is 2.58 bits per heavy atom. The van der Waals surface area contributed by atoms with E-state index in [1.807, 2.05) is 13.8 Å². The summed E-state index contributed by atoms with van der Waals surface area (Å²) in [4.78, 5) is 35.9. The lowest BCUT2D eigenvalue weighted by Gasteiger charge is -2.47. The van der Waals surface area contributed by atoms with Crippen molar-refractivity contribution in [1.82, 2.24) is 0 Å². The van der Waals surface area contributed by atoms with Gasteiger partial charge in [-0.2, -0.15) is 0 Å². The number of hydrogen-bond donors (Lipinski definition) is 1. The standard InChI is InChI=1S/C17H21NO6/c1-7-11(22-8(2)19)13-12(23-13)9-5-10(20)17(6-15(7,9)3)16(4,24-17)14(18)21/h5,7,11-13H,6H2,1-4H3,(H2,18,21)/t7-,11+,12-,13+,15+,16+,17-/m0/s1. The minimum atomic E-state index is -1.28. The number of epoxide rings is 2. The number of carbonyl (C=O) groups excluding carboxylic acids is 3. The van der Waals surface area contributed by atoms with E-state index in [0.717, 1.165) is 5.57 Å². The maximum atomic E-state index is 12.7. The number of nitrogens with two attached hydrogens (primary N) is 1. The molecule has 0 aromatic heterocycles. The Labute approximate surface area is 139 Å². The van der Waals surface area contributed by atoms with E-state index in [1.54, 1.807) is 13.0 Å². The van der Waals surface area contributed by atoms with Crippen LogP contribution in [0.15, 0.2) is 11.6 Å². The number of esters is 1. The van der Waals surface area contributed by atoms with Gasteiger partial charge in [-0.3, -0.25) is 14.4 Å². The van der Waals surface area contributed by atoms with Crippen molar-refractivity contribution >= 4 is 17.7 Å². The molecule has 3 fully saturated rings. The minimum absolute atomic E-state index is 0.0808.